The molecule has 272 valence electrons. The normalized spacial score (nSPS) is 28.8. The molecule has 12 heteroatoms. The standard InChI is InChI=1S/C36H46F10OS/c1-2-3-4-5-23-6-8-26(9-7-23)28-16-19-31(32(37)20-28)27-12-10-24(11-13-27)25-14-17-29(18-15-25)36(40,41)47-30-21-33(38)35(34(39)22-30)48(42,43,44,45)46/h16,19-27,29H,2-15,17-18H2,1H3. The second-order valence-electron chi connectivity index (χ2n) is 14.6. The van der Waals surface area contributed by atoms with Gasteiger partial charge in [0.2, 0.25) is 0 Å². The number of alkyl halides is 2. The van der Waals surface area contributed by atoms with E-state index in [2.05, 4.69) is 17.7 Å². The minimum atomic E-state index is -10.7. The van der Waals surface area contributed by atoms with Gasteiger partial charge >= 0.3 is 16.3 Å². The van der Waals surface area contributed by atoms with Gasteiger partial charge in [-0.25, -0.2) is 13.2 Å². The zero-order valence-corrected chi connectivity index (χ0v) is 28.1. The summed E-state index contributed by atoms with van der Waals surface area (Å²) in [5.74, 6) is -6.50. The fourth-order valence-electron chi connectivity index (χ4n) is 8.63. The van der Waals surface area contributed by atoms with Gasteiger partial charge in [-0.05, 0) is 124 Å². The summed E-state index contributed by atoms with van der Waals surface area (Å²) in [5, 5.41) is 0. The van der Waals surface area contributed by atoms with Crippen LogP contribution < -0.4 is 4.74 Å². The molecule has 0 saturated heterocycles. The third-order valence-electron chi connectivity index (χ3n) is 11.3. The summed E-state index contributed by atoms with van der Waals surface area (Å²) in [6.45, 7) is 2.22. The Balaban J connectivity index is 1.10. The Hall–Kier alpha value is -2.11. The molecular formula is C36H46F10OS. The van der Waals surface area contributed by atoms with Gasteiger partial charge in [0.05, 0.1) is 5.92 Å². The molecule has 3 aliphatic rings. The molecule has 3 saturated carbocycles. The zero-order chi connectivity index (χ0) is 35.0. The van der Waals surface area contributed by atoms with Gasteiger partial charge < -0.3 is 4.74 Å². The highest BCUT2D eigenvalue weighted by molar-refractivity contribution is 8.45. The second kappa shape index (κ2) is 13.5. The average Bonchev–Trinajstić information content (AvgIpc) is 3.00. The summed E-state index contributed by atoms with van der Waals surface area (Å²) >= 11 is 0. The lowest BCUT2D eigenvalue weighted by atomic mass is 9.68. The predicted octanol–water partition coefficient (Wildman–Crippen LogP) is 14.4. The summed E-state index contributed by atoms with van der Waals surface area (Å²) in [4.78, 5) is -3.38. The highest BCUT2D eigenvalue weighted by Gasteiger charge is 2.69. The maximum absolute atomic E-state index is 15.4. The van der Waals surface area contributed by atoms with Crippen LogP contribution in [-0.4, -0.2) is 6.11 Å². The van der Waals surface area contributed by atoms with E-state index < -0.39 is 44.5 Å². The highest BCUT2D eigenvalue weighted by Crippen LogP contribution is 3.02. The van der Waals surface area contributed by atoms with Crippen LogP contribution in [0.15, 0.2) is 35.2 Å². The van der Waals surface area contributed by atoms with Gasteiger partial charge in [-0.2, -0.15) is 8.78 Å². The third-order valence-corrected chi connectivity index (χ3v) is 12.5. The summed E-state index contributed by atoms with van der Waals surface area (Å²) in [6.07, 6.45) is 9.95. The monoisotopic (exact) mass is 716 g/mol. The van der Waals surface area contributed by atoms with Crippen molar-refractivity contribution in [3.8, 4) is 5.75 Å². The molecule has 0 amide bonds. The average molecular weight is 717 g/mol. The van der Waals surface area contributed by atoms with Crippen LogP contribution in [0.5, 0.6) is 5.75 Å². The Bertz CT molecular complexity index is 1380. The molecule has 0 aromatic heterocycles. The van der Waals surface area contributed by atoms with Crippen molar-refractivity contribution in [2.24, 2.45) is 23.7 Å². The SMILES string of the molecule is CCCCCC1CCC(c2ccc(C3CCC(C4CCC(C(F)(F)Oc5cc(F)c(S(F)(F)(F)(F)F)c(F)c5)CC4)CC3)c(F)c2)CC1. The molecule has 3 fully saturated rings. The molecule has 0 atom stereocenters. The quantitative estimate of drug-likeness (QED) is 0.166. The summed E-state index contributed by atoms with van der Waals surface area (Å²) in [7, 11) is -10.7. The molecule has 0 unspecified atom stereocenters. The molecular weight excluding hydrogens is 670 g/mol. The Morgan fingerprint density at radius 1 is 0.667 bits per heavy atom. The van der Waals surface area contributed by atoms with Crippen LogP contribution in [-0.2, 0) is 0 Å². The fraction of sp³-hybridized carbons (Fsp3) is 0.667. The number of halogens is 10. The van der Waals surface area contributed by atoms with Crippen molar-refractivity contribution in [2.75, 3.05) is 0 Å². The van der Waals surface area contributed by atoms with E-state index in [9.17, 15) is 37.0 Å². The Labute approximate surface area is 276 Å². The van der Waals surface area contributed by atoms with Crippen molar-refractivity contribution < 1.29 is 46.1 Å². The molecule has 2 aromatic carbocycles. The summed E-state index contributed by atoms with van der Waals surface area (Å²) in [6, 6.07) is 5.21. The molecule has 0 radical (unpaired) electrons. The third kappa shape index (κ3) is 8.97. The number of unbranched alkanes of at least 4 members (excludes halogenated alkanes) is 2. The maximum Gasteiger partial charge on any atom is 0.400 e. The molecule has 48 heavy (non-hydrogen) atoms. The van der Waals surface area contributed by atoms with Gasteiger partial charge in [0.15, 0.2) is 16.5 Å². The Morgan fingerprint density at radius 3 is 1.73 bits per heavy atom. The Kier molecular flexibility index (Phi) is 10.5. The molecule has 1 nitrogen and oxygen atoms in total. The number of ether oxygens (including phenoxy) is 1. The molecule has 3 aliphatic carbocycles. The molecule has 0 heterocycles. The largest absolute Gasteiger partial charge is 0.432 e. The fourth-order valence-corrected chi connectivity index (χ4v) is 9.48. The van der Waals surface area contributed by atoms with Gasteiger partial charge in [0.25, 0.3) is 0 Å². The first-order valence-corrected chi connectivity index (χ1v) is 19.4. The van der Waals surface area contributed by atoms with Crippen molar-refractivity contribution in [3.63, 3.8) is 0 Å². The van der Waals surface area contributed by atoms with Gasteiger partial charge in [0, 0.05) is 12.1 Å². The molecule has 0 spiro atoms. The van der Waals surface area contributed by atoms with Gasteiger partial charge in [-0.1, -0.05) is 64.2 Å². The molecule has 2 aromatic rings. The van der Waals surface area contributed by atoms with E-state index in [0.717, 1.165) is 55.6 Å². The zero-order valence-electron chi connectivity index (χ0n) is 27.3. The number of hydrogen-bond acceptors (Lipinski definition) is 1. The van der Waals surface area contributed by atoms with E-state index in [-0.39, 0.29) is 48.5 Å². The van der Waals surface area contributed by atoms with Crippen LogP contribution in [0.4, 0.5) is 41.4 Å². The highest BCUT2D eigenvalue weighted by atomic mass is 32.5. The van der Waals surface area contributed by atoms with Crippen LogP contribution >= 0.6 is 10.2 Å². The molecule has 0 bridgehead atoms. The summed E-state index contributed by atoms with van der Waals surface area (Å²) < 4.78 is 142. The van der Waals surface area contributed by atoms with Crippen molar-refractivity contribution >= 4 is 10.2 Å². The van der Waals surface area contributed by atoms with Crippen LogP contribution in [0.3, 0.4) is 0 Å². The van der Waals surface area contributed by atoms with Crippen LogP contribution in [0, 0.1) is 41.1 Å². The van der Waals surface area contributed by atoms with Crippen molar-refractivity contribution in [2.45, 2.75) is 132 Å². The lowest BCUT2D eigenvalue weighted by Crippen LogP contribution is -2.38. The van der Waals surface area contributed by atoms with E-state index in [1.165, 1.54) is 38.5 Å². The first-order chi connectivity index (χ1) is 22.3. The van der Waals surface area contributed by atoms with E-state index in [1.807, 2.05) is 6.07 Å². The smallest absolute Gasteiger partial charge is 0.400 e. The minimum absolute atomic E-state index is 0.0167. The lowest BCUT2D eigenvalue weighted by molar-refractivity contribution is -0.224. The van der Waals surface area contributed by atoms with E-state index in [0.29, 0.717) is 18.8 Å². The van der Waals surface area contributed by atoms with E-state index in [1.54, 1.807) is 6.07 Å². The van der Waals surface area contributed by atoms with Crippen LogP contribution in [0.1, 0.15) is 133 Å². The second-order valence-corrected chi connectivity index (χ2v) is 16.9. The van der Waals surface area contributed by atoms with Gasteiger partial charge in [0.1, 0.15) is 11.6 Å². The molecule has 5 rings (SSSR count). The first-order valence-electron chi connectivity index (χ1n) is 17.4. The minimum Gasteiger partial charge on any atom is -0.432 e. The topological polar surface area (TPSA) is 9.23 Å². The van der Waals surface area contributed by atoms with Crippen molar-refractivity contribution in [3.05, 3.63) is 58.9 Å². The predicted molar refractivity (Wildman–Crippen MR) is 169 cm³/mol. The van der Waals surface area contributed by atoms with E-state index in [4.69, 9.17) is 0 Å². The number of benzene rings is 2. The van der Waals surface area contributed by atoms with Crippen molar-refractivity contribution in [1.29, 1.82) is 0 Å². The number of hydrogen-bond donors (Lipinski definition) is 0. The Morgan fingerprint density at radius 2 is 1.21 bits per heavy atom. The van der Waals surface area contributed by atoms with Crippen LogP contribution in [0.2, 0.25) is 0 Å². The lowest BCUT2D eigenvalue weighted by Gasteiger charge is -2.41. The van der Waals surface area contributed by atoms with Gasteiger partial charge in [-0.3, -0.25) is 0 Å². The van der Waals surface area contributed by atoms with Crippen LogP contribution in [0.25, 0.3) is 0 Å². The number of rotatable bonds is 11. The summed E-state index contributed by atoms with van der Waals surface area (Å²) in [5.41, 5.74) is 1.83. The van der Waals surface area contributed by atoms with Gasteiger partial charge in [-0.15, -0.1) is 0 Å². The maximum atomic E-state index is 15.4. The van der Waals surface area contributed by atoms with Crippen molar-refractivity contribution in [1.82, 2.24) is 0 Å². The molecule has 0 N–H and O–H groups in total. The molecule has 0 aliphatic heterocycles. The first kappa shape index (κ1) is 37.2. The van der Waals surface area contributed by atoms with E-state index >= 15 is 4.39 Å².